The summed E-state index contributed by atoms with van der Waals surface area (Å²) >= 11 is 2.76. The van der Waals surface area contributed by atoms with Crippen molar-refractivity contribution in [2.45, 2.75) is 28.3 Å². The van der Waals surface area contributed by atoms with Gasteiger partial charge in [0.2, 0.25) is 15.9 Å². The summed E-state index contributed by atoms with van der Waals surface area (Å²) in [4.78, 5) is 13.2. The number of amides is 1. The zero-order chi connectivity index (χ0) is 20.9. The van der Waals surface area contributed by atoms with Crippen LogP contribution in [0, 0.1) is 6.92 Å². The van der Waals surface area contributed by atoms with Gasteiger partial charge >= 0.3 is 0 Å². The normalized spacial score (nSPS) is 12.5. The summed E-state index contributed by atoms with van der Waals surface area (Å²) in [7, 11) is -3.53. The van der Waals surface area contributed by atoms with E-state index in [-0.39, 0.29) is 10.8 Å². The van der Waals surface area contributed by atoms with Crippen LogP contribution in [0.15, 0.2) is 63.8 Å². The van der Waals surface area contributed by atoms with E-state index in [0.717, 1.165) is 10.6 Å². The highest BCUT2D eigenvalue weighted by Crippen LogP contribution is 2.37. The molecule has 0 saturated carbocycles. The minimum absolute atomic E-state index is 0.149. The number of thioether (sulfide) groups is 1. The van der Waals surface area contributed by atoms with Gasteiger partial charge in [0.1, 0.15) is 10.3 Å². The fourth-order valence-electron chi connectivity index (χ4n) is 2.53. The lowest BCUT2D eigenvalue weighted by atomic mass is 10.1. The number of nitrogens with one attached hydrogen (secondary N) is 2. The van der Waals surface area contributed by atoms with Crippen molar-refractivity contribution in [3.8, 4) is 0 Å². The number of nitrogens with zero attached hydrogens (tertiary/aromatic N) is 2. The van der Waals surface area contributed by atoms with E-state index in [2.05, 4.69) is 20.2 Å². The largest absolute Gasteiger partial charge is 0.325 e. The summed E-state index contributed by atoms with van der Waals surface area (Å²) in [6.45, 7) is 3.89. The van der Waals surface area contributed by atoms with E-state index in [0.29, 0.717) is 16.6 Å². The number of sulfonamides is 1. The van der Waals surface area contributed by atoms with Crippen LogP contribution in [0.5, 0.6) is 0 Å². The maximum absolute atomic E-state index is 13.0. The summed E-state index contributed by atoms with van der Waals surface area (Å²) in [5.74, 6) is -0.226. The van der Waals surface area contributed by atoms with Crippen LogP contribution in [-0.2, 0) is 14.8 Å². The first kappa shape index (κ1) is 21.4. The smallest absolute Gasteiger partial charge is 0.242 e. The van der Waals surface area contributed by atoms with Crippen molar-refractivity contribution < 1.29 is 13.2 Å². The van der Waals surface area contributed by atoms with Crippen LogP contribution >= 0.6 is 23.1 Å². The monoisotopic (exact) mass is 448 g/mol. The maximum Gasteiger partial charge on any atom is 0.242 e. The number of anilines is 1. The summed E-state index contributed by atoms with van der Waals surface area (Å²) in [6.07, 6.45) is 0. The number of hydrogen-bond donors (Lipinski definition) is 2. The average molecular weight is 449 g/mol. The Labute approximate surface area is 178 Å². The van der Waals surface area contributed by atoms with Crippen LogP contribution in [0.1, 0.15) is 22.7 Å². The Balaban J connectivity index is 1.79. The van der Waals surface area contributed by atoms with Gasteiger partial charge in [-0.05, 0) is 36.8 Å². The van der Waals surface area contributed by atoms with Crippen LogP contribution in [0.3, 0.4) is 0 Å². The zero-order valence-corrected chi connectivity index (χ0v) is 18.3. The van der Waals surface area contributed by atoms with Gasteiger partial charge in [0, 0.05) is 12.2 Å². The predicted octanol–water partition coefficient (Wildman–Crippen LogP) is 3.62. The van der Waals surface area contributed by atoms with Gasteiger partial charge in [0.05, 0.1) is 4.90 Å². The molecule has 0 bridgehead atoms. The van der Waals surface area contributed by atoms with E-state index in [1.165, 1.54) is 35.2 Å². The maximum atomic E-state index is 13.0. The minimum Gasteiger partial charge on any atom is -0.325 e. The van der Waals surface area contributed by atoms with Crippen LogP contribution in [0.25, 0.3) is 0 Å². The molecule has 0 aliphatic heterocycles. The Morgan fingerprint density at radius 3 is 2.38 bits per heavy atom. The van der Waals surface area contributed by atoms with Gasteiger partial charge in [-0.1, -0.05) is 60.4 Å². The quantitative estimate of drug-likeness (QED) is 0.511. The molecule has 0 fully saturated rings. The van der Waals surface area contributed by atoms with Crippen LogP contribution in [0.2, 0.25) is 0 Å². The highest BCUT2D eigenvalue weighted by molar-refractivity contribution is 8.01. The van der Waals surface area contributed by atoms with Gasteiger partial charge in [-0.25, -0.2) is 13.1 Å². The molecule has 29 heavy (non-hydrogen) atoms. The molecule has 1 amide bonds. The number of carbonyl (C=O) groups is 1. The second-order valence-corrected chi connectivity index (χ2v) is 10.3. The van der Waals surface area contributed by atoms with Gasteiger partial charge < -0.3 is 5.32 Å². The molecule has 152 valence electrons. The number of rotatable bonds is 8. The van der Waals surface area contributed by atoms with Crippen molar-refractivity contribution >= 4 is 44.7 Å². The molecule has 7 nitrogen and oxygen atoms in total. The van der Waals surface area contributed by atoms with E-state index in [1.54, 1.807) is 19.1 Å². The first-order chi connectivity index (χ1) is 13.9. The summed E-state index contributed by atoms with van der Waals surface area (Å²) in [5.41, 5.74) is 1.36. The Morgan fingerprint density at radius 2 is 1.79 bits per heavy atom. The molecule has 2 aromatic carbocycles. The molecule has 0 saturated heterocycles. The molecule has 3 aromatic rings. The highest BCUT2D eigenvalue weighted by atomic mass is 32.2. The minimum atomic E-state index is -3.53. The van der Waals surface area contributed by atoms with Gasteiger partial charge in [0.25, 0.3) is 0 Å². The number of hydrogen-bond acceptors (Lipinski definition) is 7. The summed E-state index contributed by atoms with van der Waals surface area (Å²) in [6, 6.07) is 15.5. The molecular weight excluding hydrogens is 428 g/mol. The molecule has 2 N–H and O–H groups in total. The molecule has 1 atom stereocenters. The van der Waals surface area contributed by atoms with Crippen molar-refractivity contribution in [3.63, 3.8) is 0 Å². The Bertz CT molecular complexity index is 1070. The highest BCUT2D eigenvalue weighted by Gasteiger charge is 2.24. The van der Waals surface area contributed by atoms with E-state index in [9.17, 15) is 13.2 Å². The molecule has 3 rings (SSSR count). The van der Waals surface area contributed by atoms with E-state index >= 15 is 0 Å². The average Bonchev–Trinajstić information content (AvgIpc) is 3.12. The Morgan fingerprint density at radius 1 is 1.10 bits per heavy atom. The van der Waals surface area contributed by atoms with E-state index in [1.807, 2.05) is 37.3 Å². The Hall–Kier alpha value is -2.27. The van der Waals surface area contributed by atoms with Crippen molar-refractivity contribution in [2.24, 2.45) is 0 Å². The van der Waals surface area contributed by atoms with Gasteiger partial charge in [-0.3, -0.25) is 4.79 Å². The molecule has 0 radical (unpaired) electrons. The molecule has 1 heterocycles. The molecule has 0 spiro atoms. The van der Waals surface area contributed by atoms with Crippen molar-refractivity contribution in [2.75, 3.05) is 11.9 Å². The lowest BCUT2D eigenvalue weighted by Crippen LogP contribution is -2.23. The van der Waals surface area contributed by atoms with Crippen LogP contribution in [-0.4, -0.2) is 31.1 Å². The number of benzene rings is 2. The third-order valence-electron chi connectivity index (χ3n) is 3.83. The van der Waals surface area contributed by atoms with Crippen molar-refractivity contribution in [1.82, 2.24) is 14.9 Å². The topological polar surface area (TPSA) is 101 Å². The summed E-state index contributed by atoms with van der Waals surface area (Å²) < 4.78 is 27.2. The van der Waals surface area contributed by atoms with Gasteiger partial charge in [0.15, 0.2) is 4.34 Å². The second kappa shape index (κ2) is 9.49. The summed E-state index contributed by atoms with van der Waals surface area (Å²) in [5, 5.41) is 11.3. The van der Waals surface area contributed by atoms with Crippen LogP contribution in [0.4, 0.5) is 5.69 Å². The lowest BCUT2D eigenvalue weighted by molar-refractivity contribution is -0.115. The van der Waals surface area contributed by atoms with Crippen molar-refractivity contribution in [1.29, 1.82) is 0 Å². The van der Waals surface area contributed by atoms with Crippen molar-refractivity contribution in [3.05, 3.63) is 65.2 Å². The third kappa shape index (κ3) is 5.63. The fourth-order valence-corrected chi connectivity index (χ4v) is 5.58. The lowest BCUT2D eigenvalue weighted by Gasteiger charge is -2.16. The third-order valence-corrected chi connectivity index (χ3v) is 7.57. The fraction of sp³-hybridized carbons (Fsp3) is 0.211. The van der Waals surface area contributed by atoms with E-state index < -0.39 is 15.3 Å². The Kier molecular flexibility index (Phi) is 7.01. The predicted molar refractivity (Wildman–Crippen MR) is 116 cm³/mol. The SMILES string of the molecule is CCNS(=O)(=O)c1ccc(NC(=O)C(Sc2nnc(C)s2)c2ccccc2)cc1. The molecule has 1 aromatic heterocycles. The number of aromatic nitrogens is 2. The zero-order valence-electron chi connectivity index (χ0n) is 15.8. The second-order valence-electron chi connectivity index (χ2n) is 6.01. The molecule has 10 heteroatoms. The standard InChI is InChI=1S/C19H20N4O3S3/c1-3-20-29(25,26)16-11-9-15(10-12-16)21-18(24)17(14-7-5-4-6-8-14)28-19-23-22-13(2)27-19/h4-12,17,20H,3H2,1-2H3,(H,21,24). The molecule has 0 aliphatic rings. The first-order valence-electron chi connectivity index (χ1n) is 8.81. The molecule has 0 aliphatic carbocycles. The van der Waals surface area contributed by atoms with Gasteiger partial charge in [-0.15, -0.1) is 10.2 Å². The van der Waals surface area contributed by atoms with Gasteiger partial charge in [-0.2, -0.15) is 0 Å². The van der Waals surface area contributed by atoms with Crippen LogP contribution < -0.4 is 10.0 Å². The molecule has 1 unspecified atom stereocenters. The first-order valence-corrected chi connectivity index (χ1v) is 12.0. The van der Waals surface area contributed by atoms with E-state index in [4.69, 9.17) is 0 Å². The molecular formula is C19H20N4O3S3. The number of carbonyl (C=O) groups excluding carboxylic acids is 1. The number of aryl methyl sites for hydroxylation is 1.